The molecule has 0 fully saturated rings. The Bertz CT molecular complexity index is 1060. The molecule has 29 heavy (non-hydrogen) atoms. The predicted octanol–water partition coefficient (Wildman–Crippen LogP) is 2.48. The molecule has 1 aromatic heterocycles. The van der Waals surface area contributed by atoms with Gasteiger partial charge in [-0.25, -0.2) is 4.39 Å². The van der Waals surface area contributed by atoms with E-state index < -0.39 is 17.6 Å². The van der Waals surface area contributed by atoms with Gasteiger partial charge in [-0.1, -0.05) is 42.5 Å². The van der Waals surface area contributed by atoms with Crippen LogP contribution in [0, 0.1) is 5.82 Å². The molecule has 2 heterocycles. The van der Waals surface area contributed by atoms with Crippen LogP contribution in [0.1, 0.15) is 38.1 Å². The van der Waals surface area contributed by atoms with E-state index in [0.29, 0.717) is 12.1 Å². The summed E-state index contributed by atoms with van der Waals surface area (Å²) in [5, 5.41) is 17.3. The van der Waals surface area contributed by atoms with E-state index in [4.69, 9.17) is 0 Å². The van der Waals surface area contributed by atoms with Gasteiger partial charge in [-0.3, -0.25) is 14.3 Å². The molecule has 0 radical (unpaired) electrons. The zero-order chi connectivity index (χ0) is 20.5. The Labute approximate surface area is 166 Å². The Morgan fingerprint density at radius 2 is 1.90 bits per heavy atom. The number of likely N-dealkylation sites (N-methyl/N-ethyl adjacent to an activating group) is 1. The first-order valence-corrected chi connectivity index (χ1v) is 9.10. The van der Waals surface area contributed by atoms with Gasteiger partial charge in [-0.15, -0.1) is 0 Å². The average molecular weight is 394 g/mol. The van der Waals surface area contributed by atoms with Crippen LogP contribution in [0.25, 0.3) is 0 Å². The van der Waals surface area contributed by atoms with E-state index in [-0.39, 0.29) is 29.8 Å². The normalized spacial score (nSPS) is 15.9. The molecule has 0 spiro atoms. The van der Waals surface area contributed by atoms with Crippen LogP contribution in [0.15, 0.2) is 54.6 Å². The van der Waals surface area contributed by atoms with Gasteiger partial charge in [0.2, 0.25) is 0 Å². The lowest BCUT2D eigenvalue weighted by molar-refractivity contribution is 0.0640. The first kappa shape index (κ1) is 18.7. The van der Waals surface area contributed by atoms with Crippen LogP contribution in [0.5, 0.6) is 5.75 Å². The molecule has 2 N–H and O–H groups in total. The monoisotopic (exact) mass is 394 g/mol. The summed E-state index contributed by atoms with van der Waals surface area (Å²) in [4.78, 5) is 26.9. The van der Waals surface area contributed by atoms with Crippen LogP contribution >= 0.6 is 0 Å². The zero-order valence-electron chi connectivity index (χ0n) is 15.7. The highest BCUT2D eigenvalue weighted by atomic mass is 19.1. The molecular formula is C21H19FN4O3. The smallest absolute Gasteiger partial charge is 0.276 e. The Morgan fingerprint density at radius 3 is 2.59 bits per heavy atom. The first-order valence-electron chi connectivity index (χ1n) is 9.10. The lowest BCUT2D eigenvalue weighted by Crippen LogP contribution is -2.40. The van der Waals surface area contributed by atoms with Crippen LogP contribution < -0.4 is 5.32 Å². The highest BCUT2D eigenvalue weighted by molar-refractivity contribution is 6.02. The van der Waals surface area contributed by atoms with E-state index in [0.717, 1.165) is 5.56 Å². The number of nitrogens with zero attached hydrogens (tertiary/aromatic N) is 3. The van der Waals surface area contributed by atoms with Crippen LogP contribution in [0.2, 0.25) is 0 Å². The van der Waals surface area contributed by atoms with Crippen molar-refractivity contribution in [2.45, 2.75) is 19.1 Å². The number of halogens is 1. The maximum absolute atomic E-state index is 13.0. The third kappa shape index (κ3) is 3.44. The van der Waals surface area contributed by atoms with Gasteiger partial charge in [0.05, 0.1) is 12.6 Å². The van der Waals surface area contributed by atoms with Gasteiger partial charge in [0.25, 0.3) is 11.8 Å². The Balaban J connectivity index is 1.57. The summed E-state index contributed by atoms with van der Waals surface area (Å²) in [6.45, 7) is 0.460. The van der Waals surface area contributed by atoms with Crippen molar-refractivity contribution in [3.05, 3.63) is 82.9 Å². The average Bonchev–Trinajstić information content (AvgIpc) is 3.07. The molecule has 0 bridgehead atoms. The van der Waals surface area contributed by atoms with Crippen molar-refractivity contribution >= 4 is 11.8 Å². The van der Waals surface area contributed by atoms with E-state index in [1.165, 1.54) is 21.7 Å². The summed E-state index contributed by atoms with van der Waals surface area (Å²) in [5.74, 6) is -1.83. The number of nitrogens with one attached hydrogen (secondary N) is 1. The number of fused-ring (bicyclic) bond motifs is 1. The van der Waals surface area contributed by atoms with Gasteiger partial charge in [-0.2, -0.15) is 5.10 Å². The van der Waals surface area contributed by atoms with Crippen molar-refractivity contribution in [2.24, 2.45) is 0 Å². The van der Waals surface area contributed by atoms with Crippen molar-refractivity contribution in [1.82, 2.24) is 20.0 Å². The number of hydrogen-bond donors (Lipinski definition) is 2. The first-order chi connectivity index (χ1) is 14.0. The molecule has 8 heteroatoms. The minimum absolute atomic E-state index is 0.00777. The number of benzene rings is 2. The van der Waals surface area contributed by atoms with Gasteiger partial charge in [0.1, 0.15) is 5.82 Å². The van der Waals surface area contributed by atoms with Crippen molar-refractivity contribution in [3.63, 3.8) is 0 Å². The lowest BCUT2D eigenvalue weighted by atomic mass is 10.0. The zero-order valence-corrected chi connectivity index (χ0v) is 15.7. The maximum Gasteiger partial charge on any atom is 0.276 e. The fraction of sp³-hybridized carbons (Fsp3) is 0.190. The quantitative estimate of drug-likeness (QED) is 0.712. The third-order valence-corrected chi connectivity index (χ3v) is 5.03. The second-order valence-corrected chi connectivity index (χ2v) is 6.88. The van der Waals surface area contributed by atoms with Crippen LogP contribution in [0.4, 0.5) is 4.39 Å². The number of amides is 2. The number of rotatable bonds is 4. The molecule has 1 aliphatic heterocycles. The summed E-state index contributed by atoms with van der Waals surface area (Å²) in [6.07, 6.45) is 0. The molecule has 1 atom stereocenters. The van der Waals surface area contributed by atoms with Crippen LogP contribution in [0.3, 0.4) is 0 Å². The molecular weight excluding hydrogens is 375 g/mol. The third-order valence-electron chi connectivity index (χ3n) is 5.03. The molecule has 2 amide bonds. The molecule has 4 rings (SSSR count). The number of aromatic nitrogens is 2. The Hall–Kier alpha value is -3.68. The molecule has 0 aliphatic carbocycles. The van der Waals surface area contributed by atoms with Crippen molar-refractivity contribution in [2.75, 3.05) is 7.05 Å². The Kier molecular flexibility index (Phi) is 4.75. The minimum atomic E-state index is -0.611. The second-order valence-electron chi connectivity index (χ2n) is 6.88. The van der Waals surface area contributed by atoms with E-state index in [1.807, 2.05) is 30.3 Å². The summed E-state index contributed by atoms with van der Waals surface area (Å²) in [5.41, 5.74) is 1.42. The minimum Gasteiger partial charge on any atom is -0.504 e. The van der Waals surface area contributed by atoms with E-state index in [2.05, 4.69) is 10.4 Å². The number of aromatic hydroxyl groups is 1. The largest absolute Gasteiger partial charge is 0.504 e. The molecule has 1 unspecified atom stereocenters. The summed E-state index contributed by atoms with van der Waals surface area (Å²) >= 11 is 0. The highest BCUT2D eigenvalue weighted by Crippen LogP contribution is 2.33. The molecule has 2 aromatic carbocycles. The molecule has 7 nitrogen and oxygen atoms in total. The highest BCUT2D eigenvalue weighted by Gasteiger charge is 2.37. The predicted molar refractivity (Wildman–Crippen MR) is 103 cm³/mol. The Morgan fingerprint density at radius 1 is 1.21 bits per heavy atom. The lowest BCUT2D eigenvalue weighted by Gasteiger charge is -2.33. The van der Waals surface area contributed by atoms with Crippen LogP contribution in [-0.2, 0) is 13.1 Å². The molecule has 1 aliphatic rings. The molecule has 148 valence electrons. The topological polar surface area (TPSA) is 87.5 Å². The summed E-state index contributed by atoms with van der Waals surface area (Å²) in [6, 6.07) is 14.9. The van der Waals surface area contributed by atoms with Gasteiger partial charge in [0.15, 0.2) is 17.1 Å². The molecule has 3 aromatic rings. The summed E-state index contributed by atoms with van der Waals surface area (Å²) in [7, 11) is 1.66. The fourth-order valence-corrected chi connectivity index (χ4v) is 3.42. The van der Waals surface area contributed by atoms with Gasteiger partial charge < -0.3 is 15.3 Å². The number of carbonyl (C=O) groups is 2. The fourth-order valence-electron chi connectivity index (χ4n) is 3.42. The summed E-state index contributed by atoms with van der Waals surface area (Å²) < 4.78 is 14.4. The SMILES string of the molecule is CN1C(=O)c2c(O)c(C(=O)NCc3ccc(F)cc3)nn2CC1c1ccccc1. The molecule has 0 saturated heterocycles. The van der Waals surface area contributed by atoms with Crippen molar-refractivity contribution in [1.29, 1.82) is 0 Å². The van der Waals surface area contributed by atoms with Gasteiger partial charge in [0, 0.05) is 13.6 Å². The van der Waals surface area contributed by atoms with E-state index in [9.17, 15) is 19.1 Å². The van der Waals surface area contributed by atoms with Gasteiger partial charge >= 0.3 is 0 Å². The standard InChI is InChI=1S/C21H19FN4O3/c1-25-16(14-5-3-2-4-6-14)12-26-18(21(25)29)19(27)17(24-26)20(28)23-11-13-7-9-15(22)10-8-13/h2-10,16,27H,11-12H2,1H3,(H,23,28). The van der Waals surface area contributed by atoms with E-state index in [1.54, 1.807) is 19.2 Å². The number of carbonyl (C=O) groups excluding carboxylic acids is 2. The number of hydrogen-bond acceptors (Lipinski definition) is 4. The maximum atomic E-state index is 13.0. The second kappa shape index (κ2) is 7.38. The van der Waals surface area contributed by atoms with Gasteiger partial charge in [-0.05, 0) is 23.3 Å². The van der Waals surface area contributed by atoms with E-state index >= 15 is 0 Å². The van der Waals surface area contributed by atoms with Crippen LogP contribution in [-0.4, -0.2) is 38.6 Å². The molecule has 0 saturated carbocycles. The van der Waals surface area contributed by atoms with Crippen molar-refractivity contribution < 1.29 is 19.1 Å². The van der Waals surface area contributed by atoms with Crippen molar-refractivity contribution in [3.8, 4) is 5.75 Å².